The zero-order chi connectivity index (χ0) is 18.1. The normalized spacial score (nSPS) is 18.9. The molecule has 0 amide bonds. The van der Waals surface area contributed by atoms with Gasteiger partial charge in [-0.1, -0.05) is 97.5 Å². The molecular weight excluding hydrogens is 300 g/mol. The number of hydrogen-bond acceptors (Lipinski definition) is 0. The number of rotatable bonds is 5. The summed E-state index contributed by atoms with van der Waals surface area (Å²) in [5.41, 5.74) is 6.17. The zero-order valence-corrected chi connectivity index (χ0v) is 15.7. The third-order valence-corrected chi connectivity index (χ3v) is 4.09. The number of allylic oxidation sites excluding steroid dienone is 13. The first-order valence-electron chi connectivity index (χ1n) is 8.95. The highest BCUT2D eigenvalue weighted by Crippen LogP contribution is 2.27. The first-order chi connectivity index (χ1) is 12.1. The van der Waals surface area contributed by atoms with Crippen LogP contribution in [0.4, 0.5) is 0 Å². The third-order valence-electron chi connectivity index (χ3n) is 4.09. The maximum absolute atomic E-state index is 2.27. The van der Waals surface area contributed by atoms with Gasteiger partial charge in [-0.3, -0.25) is 0 Å². The fourth-order valence-electron chi connectivity index (χ4n) is 2.67. The van der Waals surface area contributed by atoms with Crippen molar-refractivity contribution < 1.29 is 0 Å². The summed E-state index contributed by atoms with van der Waals surface area (Å²) in [7, 11) is 0. The van der Waals surface area contributed by atoms with Crippen molar-refractivity contribution in [2.24, 2.45) is 5.92 Å². The minimum Gasteiger partial charge on any atom is -0.0876 e. The van der Waals surface area contributed by atoms with Crippen LogP contribution in [0, 0.1) is 12.8 Å². The number of benzene rings is 1. The first-order valence-corrected chi connectivity index (χ1v) is 8.95. The molecule has 1 aromatic rings. The van der Waals surface area contributed by atoms with Gasteiger partial charge in [-0.05, 0) is 55.0 Å². The molecule has 0 radical (unpaired) electrons. The van der Waals surface area contributed by atoms with E-state index in [0.717, 1.165) is 0 Å². The van der Waals surface area contributed by atoms with Gasteiger partial charge < -0.3 is 0 Å². The number of hydrogen-bond donors (Lipinski definition) is 0. The van der Waals surface area contributed by atoms with Gasteiger partial charge in [0.15, 0.2) is 0 Å². The van der Waals surface area contributed by atoms with Crippen LogP contribution in [0.25, 0.3) is 6.08 Å². The van der Waals surface area contributed by atoms with Gasteiger partial charge >= 0.3 is 0 Å². The average Bonchev–Trinajstić information content (AvgIpc) is 2.83. The summed E-state index contributed by atoms with van der Waals surface area (Å²) < 4.78 is 0. The second kappa shape index (κ2) is 9.64. The minimum atomic E-state index is 0.457. The molecule has 128 valence electrons. The van der Waals surface area contributed by atoms with E-state index in [4.69, 9.17) is 0 Å². The van der Waals surface area contributed by atoms with E-state index in [0.29, 0.717) is 5.92 Å². The number of aryl methyl sites for hydroxylation is 1. The Hall–Kier alpha value is -2.60. The lowest BCUT2D eigenvalue weighted by atomic mass is 9.93. The quantitative estimate of drug-likeness (QED) is 0.504. The summed E-state index contributed by atoms with van der Waals surface area (Å²) in [5, 5.41) is 0. The highest BCUT2D eigenvalue weighted by Gasteiger charge is 2.08. The van der Waals surface area contributed by atoms with E-state index in [1.165, 1.54) is 27.8 Å². The van der Waals surface area contributed by atoms with Crippen LogP contribution in [0.2, 0.25) is 0 Å². The van der Waals surface area contributed by atoms with Crippen molar-refractivity contribution in [3.05, 3.63) is 113 Å². The minimum absolute atomic E-state index is 0.457. The Morgan fingerprint density at radius 2 is 1.76 bits per heavy atom. The Balaban J connectivity index is 2.58. The molecule has 0 spiro atoms. The van der Waals surface area contributed by atoms with Crippen LogP contribution in [0.3, 0.4) is 0 Å². The molecule has 0 saturated carbocycles. The first kappa shape index (κ1) is 18.7. The zero-order valence-electron chi connectivity index (χ0n) is 15.7. The van der Waals surface area contributed by atoms with Crippen LogP contribution in [0.1, 0.15) is 31.9 Å². The summed E-state index contributed by atoms with van der Waals surface area (Å²) in [6.45, 7) is 8.43. The molecule has 0 nitrogen and oxygen atoms in total. The molecule has 1 aliphatic rings. The lowest BCUT2D eigenvalue weighted by Gasteiger charge is -2.11. The molecule has 2 rings (SSSR count). The predicted octanol–water partition coefficient (Wildman–Crippen LogP) is 7.15. The fraction of sp³-hybridized carbons (Fsp3) is 0.200. The van der Waals surface area contributed by atoms with Crippen LogP contribution < -0.4 is 0 Å². The standard InChI is InChI=1S/C25H28/c1-5-7-11-23(9-6-2)25(19-22-16-13-21(4)14-17-22)24-12-8-10-20(3)15-18-24/h5-20H,1-4H3/b7-5-,9-6-,23-11+,25-19-. The largest absolute Gasteiger partial charge is 0.0876 e. The van der Waals surface area contributed by atoms with Crippen LogP contribution in [-0.4, -0.2) is 0 Å². The van der Waals surface area contributed by atoms with Crippen LogP contribution in [0.15, 0.2) is 102 Å². The maximum Gasteiger partial charge on any atom is -0.00754 e. The molecule has 0 N–H and O–H groups in total. The van der Waals surface area contributed by atoms with Gasteiger partial charge in [0.2, 0.25) is 0 Å². The van der Waals surface area contributed by atoms with Crippen molar-refractivity contribution in [3.8, 4) is 0 Å². The Morgan fingerprint density at radius 1 is 1.00 bits per heavy atom. The maximum atomic E-state index is 2.27. The summed E-state index contributed by atoms with van der Waals surface area (Å²) >= 11 is 0. The van der Waals surface area contributed by atoms with E-state index in [1.807, 2.05) is 6.92 Å². The van der Waals surface area contributed by atoms with Gasteiger partial charge in [-0.2, -0.15) is 0 Å². The lowest BCUT2D eigenvalue weighted by molar-refractivity contribution is 0.942. The van der Waals surface area contributed by atoms with E-state index >= 15 is 0 Å². The Bertz CT molecular complexity index is 772. The van der Waals surface area contributed by atoms with Crippen molar-refractivity contribution in [1.82, 2.24) is 0 Å². The molecule has 1 atom stereocenters. The third kappa shape index (κ3) is 5.76. The van der Waals surface area contributed by atoms with Crippen LogP contribution in [-0.2, 0) is 0 Å². The monoisotopic (exact) mass is 328 g/mol. The van der Waals surface area contributed by atoms with Crippen LogP contribution in [0.5, 0.6) is 0 Å². The molecule has 0 fully saturated rings. The molecule has 1 unspecified atom stereocenters. The molecule has 0 bridgehead atoms. The molecule has 0 aromatic heterocycles. The highest BCUT2D eigenvalue weighted by atomic mass is 14.1. The Labute approximate surface area is 153 Å². The molecular formula is C25H28. The average molecular weight is 328 g/mol. The van der Waals surface area contributed by atoms with Crippen molar-refractivity contribution in [2.45, 2.75) is 27.7 Å². The fourth-order valence-corrected chi connectivity index (χ4v) is 2.67. The van der Waals surface area contributed by atoms with E-state index in [2.05, 4.69) is 112 Å². The van der Waals surface area contributed by atoms with E-state index < -0.39 is 0 Å². The van der Waals surface area contributed by atoms with Gasteiger partial charge in [0.05, 0.1) is 0 Å². The summed E-state index contributed by atoms with van der Waals surface area (Å²) in [6.07, 6.45) is 23.9. The van der Waals surface area contributed by atoms with Gasteiger partial charge in [0, 0.05) is 0 Å². The van der Waals surface area contributed by atoms with E-state index in [1.54, 1.807) is 0 Å². The van der Waals surface area contributed by atoms with Gasteiger partial charge in [0.1, 0.15) is 0 Å². The second-order valence-electron chi connectivity index (χ2n) is 6.34. The summed E-state index contributed by atoms with van der Waals surface area (Å²) in [4.78, 5) is 0. The second-order valence-corrected chi connectivity index (χ2v) is 6.34. The van der Waals surface area contributed by atoms with Crippen LogP contribution >= 0.6 is 0 Å². The lowest BCUT2D eigenvalue weighted by Crippen LogP contribution is -1.92. The molecule has 0 saturated heterocycles. The Kier molecular flexibility index (Phi) is 7.22. The topological polar surface area (TPSA) is 0 Å². The van der Waals surface area contributed by atoms with Crippen molar-refractivity contribution >= 4 is 6.08 Å². The molecule has 1 aliphatic carbocycles. The molecule has 0 heterocycles. The van der Waals surface area contributed by atoms with Gasteiger partial charge in [0.25, 0.3) is 0 Å². The molecule has 0 aliphatic heterocycles. The van der Waals surface area contributed by atoms with Crippen molar-refractivity contribution in [1.29, 1.82) is 0 Å². The van der Waals surface area contributed by atoms with Gasteiger partial charge in [-0.25, -0.2) is 0 Å². The van der Waals surface area contributed by atoms with Crippen molar-refractivity contribution in [2.75, 3.05) is 0 Å². The molecule has 25 heavy (non-hydrogen) atoms. The summed E-state index contributed by atoms with van der Waals surface area (Å²) in [5.74, 6) is 0.457. The van der Waals surface area contributed by atoms with E-state index in [9.17, 15) is 0 Å². The molecule has 1 aromatic carbocycles. The predicted molar refractivity (Wildman–Crippen MR) is 112 cm³/mol. The smallest absolute Gasteiger partial charge is 0.00754 e. The van der Waals surface area contributed by atoms with E-state index in [-0.39, 0.29) is 0 Å². The SMILES string of the molecule is C\C=C/C=C(\C=C/C)C(=C/c1ccc(C)cc1)/C1=CC=CC(C)C=C1. The Morgan fingerprint density at radius 3 is 2.44 bits per heavy atom. The van der Waals surface area contributed by atoms with Crippen molar-refractivity contribution in [3.63, 3.8) is 0 Å². The highest BCUT2D eigenvalue weighted by molar-refractivity contribution is 5.70. The summed E-state index contributed by atoms with van der Waals surface area (Å²) in [6, 6.07) is 8.68. The molecule has 0 heteroatoms. The van der Waals surface area contributed by atoms with Gasteiger partial charge in [-0.15, -0.1) is 0 Å².